The molecule has 0 unspecified atom stereocenters. The highest BCUT2D eigenvalue weighted by atomic mass is 16.2. The molecule has 0 saturated carbocycles. The molecule has 1 aliphatic rings. The van der Waals surface area contributed by atoms with Crippen molar-refractivity contribution in [2.45, 2.75) is 40.5 Å². The van der Waals surface area contributed by atoms with Gasteiger partial charge in [-0.25, -0.2) is 4.98 Å². The summed E-state index contributed by atoms with van der Waals surface area (Å²) in [5.74, 6) is 2.06. The molecule has 33 heavy (non-hydrogen) atoms. The van der Waals surface area contributed by atoms with Gasteiger partial charge in [-0.2, -0.15) is 5.10 Å². The van der Waals surface area contributed by atoms with Crippen molar-refractivity contribution in [3.05, 3.63) is 36.9 Å². The molecule has 0 spiro atoms. The molecule has 1 N–H and O–H groups in total. The van der Waals surface area contributed by atoms with Crippen molar-refractivity contribution >= 4 is 22.6 Å². The van der Waals surface area contributed by atoms with E-state index in [1.807, 2.05) is 31.7 Å². The maximum atomic E-state index is 13.1. The molecule has 7 nitrogen and oxygen atoms in total. The lowest BCUT2D eigenvalue weighted by molar-refractivity contribution is -0.938. The minimum Gasteiger partial charge on any atom is -0.323 e. The van der Waals surface area contributed by atoms with Crippen LogP contribution in [0.3, 0.4) is 0 Å². The van der Waals surface area contributed by atoms with Gasteiger partial charge >= 0.3 is 0 Å². The third-order valence-corrected chi connectivity index (χ3v) is 6.64. The fraction of sp³-hybridized carbons (Fsp3) is 0.538. The predicted molar refractivity (Wildman–Crippen MR) is 132 cm³/mol. The Bertz CT molecular complexity index is 1100. The molecule has 3 aromatic rings. The topological polar surface area (TPSA) is 72.7 Å². The molecule has 3 aromatic heterocycles. The molecule has 0 atom stereocenters. The summed E-state index contributed by atoms with van der Waals surface area (Å²) in [6, 6.07) is 3.99. The Morgan fingerprint density at radius 2 is 1.73 bits per heavy atom. The summed E-state index contributed by atoms with van der Waals surface area (Å²) in [5.41, 5.74) is 2.82. The Morgan fingerprint density at radius 1 is 1.03 bits per heavy atom. The zero-order chi connectivity index (χ0) is 23.6. The quantitative estimate of drug-likeness (QED) is 0.539. The Labute approximate surface area is 196 Å². The molecule has 0 aromatic carbocycles. The van der Waals surface area contributed by atoms with Gasteiger partial charge in [0.05, 0.1) is 44.1 Å². The van der Waals surface area contributed by atoms with Gasteiger partial charge in [-0.1, -0.05) is 27.7 Å². The average molecular weight is 450 g/mol. The van der Waals surface area contributed by atoms with E-state index in [4.69, 9.17) is 0 Å². The lowest BCUT2D eigenvalue weighted by atomic mass is 9.91. The zero-order valence-electron chi connectivity index (χ0n) is 20.6. The number of hydrogen-bond donors (Lipinski definition) is 1. The first-order valence-corrected chi connectivity index (χ1v) is 12.1. The number of likely N-dealkylation sites (tertiary alicyclic amines) is 1. The van der Waals surface area contributed by atoms with Gasteiger partial charge in [0.2, 0.25) is 5.91 Å². The van der Waals surface area contributed by atoms with Gasteiger partial charge < -0.3 is 9.80 Å². The number of fused-ring (bicyclic) bond motifs is 1. The molecule has 0 radical (unpaired) electrons. The number of anilines is 1. The molecule has 4 heterocycles. The van der Waals surface area contributed by atoms with E-state index < -0.39 is 0 Å². The summed E-state index contributed by atoms with van der Waals surface area (Å²) in [6.45, 7) is 13.8. The summed E-state index contributed by atoms with van der Waals surface area (Å²) in [6.07, 6.45) is 9.23. The minimum absolute atomic E-state index is 0.0490. The van der Waals surface area contributed by atoms with Gasteiger partial charge in [-0.05, 0) is 12.1 Å². The zero-order valence-corrected chi connectivity index (χ0v) is 20.6. The van der Waals surface area contributed by atoms with Gasteiger partial charge in [0, 0.05) is 66.5 Å². The maximum Gasteiger partial charge on any atom is 0.229 e. The number of piperidine rings is 1. The molecule has 1 fully saturated rings. The SMILES string of the molecule is CC(C)C[N+]1(CC(C)C)CCC(C(=O)Nc2cc3cc(-c4cnn(C)c4)cnc3cn2)CC1. The number of nitrogens with one attached hydrogen (secondary N) is 1. The third-order valence-electron chi connectivity index (χ3n) is 6.64. The molecular weight excluding hydrogens is 412 g/mol. The fourth-order valence-corrected chi connectivity index (χ4v) is 5.42. The van der Waals surface area contributed by atoms with Gasteiger partial charge in [0.25, 0.3) is 0 Å². The molecule has 176 valence electrons. The molecule has 0 aliphatic carbocycles. The first kappa shape index (κ1) is 23.4. The Balaban J connectivity index is 1.44. The first-order valence-electron chi connectivity index (χ1n) is 12.1. The van der Waals surface area contributed by atoms with E-state index in [0.717, 1.165) is 52.4 Å². The molecule has 1 saturated heterocycles. The Hall–Kier alpha value is -2.80. The summed E-state index contributed by atoms with van der Waals surface area (Å²) in [7, 11) is 1.90. The van der Waals surface area contributed by atoms with Crippen molar-refractivity contribution in [2.24, 2.45) is 24.8 Å². The lowest BCUT2D eigenvalue weighted by Crippen LogP contribution is -2.57. The highest BCUT2D eigenvalue weighted by molar-refractivity contribution is 5.94. The number of rotatable bonds is 7. The molecule has 0 bridgehead atoms. The molecule has 7 heteroatoms. The van der Waals surface area contributed by atoms with E-state index in [-0.39, 0.29) is 11.8 Å². The van der Waals surface area contributed by atoms with Gasteiger partial charge in [0.15, 0.2) is 0 Å². The summed E-state index contributed by atoms with van der Waals surface area (Å²) in [4.78, 5) is 22.0. The highest BCUT2D eigenvalue weighted by Gasteiger charge is 2.37. The smallest absolute Gasteiger partial charge is 0.229 e. The van der Waals surface area contributed by atoms with Crippen LogP contribution in [-0.4, -0.2) is 56.3 Å². The van der Waals surface area contributed by atoms with Crippen LogP contribution in [0.2, 0.25) is 0 Å². The van der Waals surface area contributed by atoms with Gasteiger partial charge in [-0.15, -0.1) is 0 Å². The monoisotopic (exact) mass is 449 g/mol. The summed E-state index contributed by atoms with van der Waals surface area (Å²) >= 11 is 0. The van der Waals surface area contributed by atoms with Crippen molar-refractivity contribution in [1.29, 1.82) is 0 Å². The summed E-state index contributed by atoms with van der Waals surface area (Å²) < 4.78 is 2.92. The number of carbonyl (C=O) groups excluding carboxylic acids is 1. The molecule has 1 aliphatic heterocycles. The van der Waals surface area contributed by atoms with Crippen LogP contribution in [0.25, 0.3) is 22.0 Å². The number of carbonyl (C=O) groups is 1. The van der Waals surface area contributed by atoms with Crippen LogP contribution in [0, 0.1) is 17.8 Å². The van der Waals surface area contributed by atoms with Crippen LogP contribution in [0.15, 0.2) is 36.9 Å². The largest absolute Gasteiger partial charge is 0.323 e. The molecular formula is C26H37N6O+. The van der Waals surface area contributed by atoms with Crippen molar-refractivity contribution in [3.63, 3.8) is 0 Å². The number of nitrogens with zero attached hydrogens (tertiary/aromatic N) is 5. The van der Waals surface area contributed by atoms with Crippen LogP contribution < -0.4 is 5.32 Å². The number of aryl methyl sites for hydroxylation is 1. The fourth-order valence-electron chi connectivity index (χ4n) is 5.42. The van der Waals surface area contributed by atoms with Crippen LogP contribution in [0.4, 0.5) is 5.82 Å². The van der Waals surface area contributed by atoms with Crippen molar-refractivity contribution in [1.82, 2.24) is 19.7 Å². The van der Waals surface area contributed by atoms with Crippen molar-refractivity contribution in [2.75, 3.05) is 31.5 Å². The van der Waals surface area contributed by atoms with E-state index in [2.05, 4.69) is 54.1 Å². The van der Waals surface area contributed by atoms with Crippen molar-refractivity contribution < 1.29 is 9.28 Å². The van der Waals surface area contributed by atoms with E-state index in [1.165, 1.54) is 13.1 Å². The van der Waals surface area contributed by atoms with Crippen molar-refractivity contribution in [3.8, 4) is 11.1 Å². The van der Waals surface area contributed by atoms with E-state index in [1.54, 1.807) is 10.9 Å². The maximum absolute atomic E-state index is 13.1. The standard InChI is InChI=1S/C26H36N6O/c1-18(2)16-32(17-19(3)4)8-6-20(7-9-32)26(33)30-25-11-21-10-22(12-27-24(21)14-28-25)23-13-29-31(5)15-23/h10-15,18-20H,6-9,16-17H2,1-5H3/p+1. The Morgan fingerprint density at radius 3 is 2.33 bits per heavy atom. The van der Waals surface area contributed by atoms with Crippen LogP contribution in [0.1, 0.15) is 40.5 Å². The molecule has 1 amide bonds. The predicted octanol–water partition coefficient (Wildman–Crippen LogP) is 4.51. The highest BCUT2D eigenvalue weighted by Crippen LogP contribution is 2.28. The number of quaternary nitrogens is 1. The second-order valence-electron chi connectivity index (χ2n) is 10.6. The van der Waals surface area contributed by atoms with Crippen LogP contribution >= 0.6 is 0 Å². The minimum atomic E-state index is 0.0490. The molecule has 4 rings (SSSR count). The van der Waals surface area contributed by atoms with Crippen LogP contribution in [0.5, 0.6) is 0 Å². The number of hydrogen-bond acceptors (Lipinski definition) is 4. The van der Waals surface area contributed by atoms with E-state index in [9.17, 15) is 4.79 Å². The average Bonchev–Trinajstić information content (AvgIpc) is 3.19. The Kier molecular flexibility index (Phi) is 6.79. The lowest BCUT2D eigenvalue weighted by Gasteiger charge is -2.45. The first-order chi connectivity index (χ1) is 15.7. The second kappa shape index (κ2) is 9.59. The normalized spacial score (nSPS) is 16.6. The van der Waals surface area contributed by atoms with Crippen LogP contribution in [-0.2, 0) is 11.8 Å². The second-order valence-corrected chi connectivity index (χ2v) is 10.6. The number of pyridine rings is 2. The van der Waals surface area contributed by atoms with Gasteiger partial charge in [0.1, 0.15) is 5.82 Å². The number of amides is 1. The van der Waals surface area contributed by atoms with Gasteiger partial charge in [-0.3, -0.25) is 14.5 Å². The van der Waals surface area contributed by atoms with E-state index >= 15 is 0 Å². The number of aromatic nitrogens is 4. The third kappa shape index (κ3) is 5.58. The summed E-state index contributed by atoms with van der Waals surface area (Å²) in [5, 5.41) is 8.27. The van der Waals surface area contributed by atoms with E-state index in [0.29, 0.717) is 17.7 Å².